The van der Waals surface area contributed by atoms with E-state index in [1.807, 2.05) is 6.92 Å². The molecular formula is C13H10N2O3S2. The first kappa shape index (κ1) is 13.0. The Bertz CT molecular complexity index is 941. The van der Waals surface area contributed by atoms with Gasteiger partial charge in [-0.1, -0.05) is 18.2 Å². The Morgan fingerprint density at radius 2 is 1.90 bits per heavy atom. The molecule has 2 aromatic heterocycles. The lowest BCUT2D eigenvalue weighted by Crippen LogP contribution is -2.21. The molecule has 0 N–H and O–H groups in total. The minimum atomic E-state index is -3.84. The number of nitrogens with zero attached hydrogens (tertiary/aromatic N) is 2. The number of sulfone groups is 1. The standard InChI is InChI=1S/C13H10N2O3S2/c1-9-8-15-12(16)11(7-14-13(15)19-9)20(17,18)10-5-3-2-4-6-10/h2-8H,1H3. The van der Waals surface area contributed by atoms with Gasteiger partial charge in [0.05, 0.1) is 11.1 Å². The van der Waals surface area contributed by atoms with E-state index in [1.54, 1.807) is 24.4 Å². The zero-order chi connectivity index (χ0) is 14.3. The predicted octanol–water partition coefficient (Wildman–Crippen LogP) is 1.90. The fourth-order valence-electron chi connectivity index (χ4n) is 1.89. The lowest BCUT2D eigenvalue weighted by molar-refractivity contribution is 0.594. The van der Waals surface area contributed by atoms with Crippen molar-refractivity contribution in [1.29, 1.82) is 0 Å². The van der Waals surface area contributed by atoms with Crippen LogP contribution in [0.1, 0.15) is 4.88 Å². The van der Waals surface area contributed by atoms with Crippen molar-refractivity contribution < 1.29 is 8.42 Å². The van der Waals surface area contributed by atoms with Crippen molar-refractivity contribution in [1.82, 2.24) is 9.38 Å². The molecule has 102 valence electrons. The molecule has 0 radical (unpaired) electrons. The zero-order valence-electron chi connectivity index (χ0n) is 10.5. The van der Waals surface area contributed by atoms with Gasteiger partial charge in [0.2, 0.25) is 9.84 Å². The van der Waals surface area contributed by atoms with Crippen LogP contribution in [0.3, 0.4) is 0 Å². The first-order valence-electron chi connectivity index (χ1n) is 5.78. The summed E-state index contributed by atoms with van der Waals surface area (Å²) in [5.41, 5.74) is -0.566. The smallest absolute Gasteiger partial charge is 0.267 e. The van der Waals surface area contributed by atoms with Gasteiger partial charge in [0.25, 0.3) is 5.56 Å². The first-order chi connectivity index (χ1) is 9.50. The van der Waals surface area contributed by atoms with Crippen LogP contribution < -0.4 is 5.56 Å². The molecule has 0 aliphatic carbocycles. The van der Waals surface area contributed by atoms with Gasteiger partial charge in [-0.3, -0.25) is 9.20 Å². The molecule has 0 aliphatic heterocycles. The number of hydrogen-bond acceptors (Lipinski definition) is 5. The van der Waals surface area contributed by atoms with Crippen LogP contribution in [0.5, 0.6) is 0 Å². The summed E-state index contributed by atoms with van der Waals surface area (Å²) in [6, 6.07) is 7.87. The second-order valence-corrected chi connectivity index (χ2v) is 7.37. The highest BCUT2D eigenvalue weighted by atomic mass is 32.2. The molecule has 0 spiro atoms. The summed E-state index contributed by atoms with van der Waals surface area (Å²) >= 11 is 1.34. The summed E-state index contributed by atoms with van der Waals surface area (Å²) in [4.78, 5) is 17.5. The summed E-state index contributed by atoms with van der Waals surface area (Å²) in [5, 5.41) is 0. The molecule has 2 heterocycles. The topological polar surface area (TPSA) is 68.5 Å². The van der Waals surface area contributed by atoms with Gasteiger partial charge >= 0.3 is 0 Å². The SMILES string of the molecule is Cc1cn2c(=O)c(S(=O)(=O)c3ccccc3)cnc2s1. The van der Waals surface area contributed by atoms with Crippen molar-refractivity contribution >= 4 is 26.1 Å². The predicted molar refractivity (Wildman–Crippen MR) is 76.0 cm³/mol. The molecule has 0 saturated heterocycles. The van der Waals surface area contributed by atoms with Crippen molar-refractivity contribution in [3.8, 4) is 0 Å². The lowest BCUT2D eigenvalue weighted by Gasteiger charge is -2.03. The fourth-order valence-corrected chi connectivity index (χ4v) is 3.96. The van der Waals surface area contributed by atoms with Crippen molar-refractivity contribution in [3.63, 3.8) is 0 Å². The highest BCUT2D eigenvalue weighted by molar-refractivity contribution is 7.91. The van der Waals surface area contributed by atoms with Gasteiger partial charge in [0.15, 0.2) is 9.86 Å². The van der Waals surface area contributed by atoms with E-state index in [-0.39, 0.29) is 9.79 Å². The van der Waals surface area contributed by atoms with Crippen LogP contribution in [0.25, 0.3) is 4.96 Å². The van der Waals surface area contributed by atoms with E-state index in [1.165, 1.54) is 27.9 Å². The van der Waals surface area contributed by atoms with Crippen LogP contribution in [0.2, 0.25) is 0 Å². The average molecular weight is 306 g/mol. The van der Waals surface area contributed by atoms with Crippen LogP contribution in [-0.2, 0) is 9.84 Å². The minimum absolute atomic E-state index is 0.0887. The Labute approximate surface area is 119 Å². The number of aryl methyl sites for hydroxylation is 1. The molecular weight excluding hydrogens is 296 g/mol. The molecule has 0 unspecified atom stereocenters. The van der Waals surface area contributed by atoms with Gasteiger partial charge < -0.3 is 0 Å². The number of hydrogen-bond donors (Lipinski definition) is 0. The zero-order valence-corrected chi connectivity index (χ0v) is 12.1. The van der Waals surface area contributed by atoms with E-state index in [4.69, 9.17) is 0 Å². The Balaban J connectivity index is 2.30. The summed E-state index contributed by atoms with van der Waals surface area (Å²) in [7, 11) is -3.84. The monoisotopic (exact) mass is 306 g/mol. The van der Waals surface area contributed by atoms with Crippen LogP contribution in [0.15, 0.2) is 57.3 Å². The third-order valence-corrected chi connectivity index (χ3v) is 5.50. The summed E-state index contributed by atoms with van der Waals surface area (Å²) in [6.45, 7) is 1.84. The maximum absolute atomic E-state index is 12.5. The normalized spacial score (nSPS) is 11.8. The molecule has 0 bridgehead atoms. The summed E-state index contributed by atoms with van der Waals surface area (Å²) in [6.07, 6.45) is 2.73. The van der Waals surface area contributed by atoms with Crippen LogP contribution in [0, 0.1) is 6.92 Å². The second kappa shape index (κ2) is 4.53. The van der Waals surface area contributed by atoms with Crippen LogP contribution in [0.4, 0.5) is 0 Å². The van der Waals surface area contributed by atoms with Gasteiger partial charge in [-0.05, 0) is 19.1 Å². The van der Waals surface area contributed by atoms with Crippen molar-refractivity contribution in [2.45, 2.75) is 16.7 Å². The number of benzene rings is 1. The van der Waals surface area contributed by atoms with Gasteiger partial charge in [0.1, 0.15) is 0 Å². The van der Waals surface area contributed by atoms with Crippen molar-refractivity contribution in [3.05, 3.63) is 58.0 Å². The van der Waals surface area contributed by atoms with E-state index in [9.17, 15) is 13.2 Å². The Morgan fingerprint density at radius 3 is 2.60 bits per heavy atom. The third-order valence-electron chi connectivity index (χ3n) is 2.83. The highest BCUT2D eigenvalue weighted by Crippen LogP contribution is 2.19. The molecule has 0 atom stereocenters. The minimum Gasteiger partial charge on any atom is -0.267 e. The second-order valence-electron chi connectivity index (χ2n) is 4.24. The lowest BCUT2D eigenvalue weighted by atomic mass is 10.4. The molecule has 0 aliphatic rings. The third kappa shape index (κ3) is 1.95. The average Bonchev–Trinajstić information content (AvgIpc) is 2.81. The van der Waals surface area contributed by atoms with Gasteiger partial charge in [-0.25, -0.2) is 13.4 Å². The van der Waals surface area contributed by atoms with Crippen molar-refractivity contribution in [2.24, 2.45) is 0 Å². The summed E-state index contributed by atoms with van der Waals surface area (Å²) in [5.74, 6) is 0. The molecule has 5 nitrogen and oxygen atoms in total. The number of rotatable bonds is 2. The van der Waals surface area contributed by atoms with E-state index in [2.05, 4.69) is 4.98 Å². The Morgan fingerprint density at radius 1 is 1.20 bits per heavy atom. The Kier molecular flexibility index (Phi) is 2.95. The number of fused-ring (bicyclic) bond motifs is 1. The van der Waals surface area contributed by atoms with E-state index < -0.39 is 15.4 Å². The molecule has 3 rings (SSSR count). The maximum Gasteiger partial charge on any atom is 0.277 e. The van der Waals surface area contributed by atoms with Gasteiger partial charge in [-0.2, -0.15) is 0 Å². The summed E-state index contributed by atoms with van der Waals surface area (Å²) < 4.78 is 26.2. The first-order valence-corrected chi connectivity index (χ1v) is 8.08. The van der Waals surface area contributed by atoms with E-state index in [0.29, 0.717) is 4.96 Å². The highest BCUT2D eigenvalue weighted by Gasteiger charge is 2.23. The van der Waals surface area contributed by atoms with Crippen LogP contribution in [-0.4, -0.2) is 17.8 Å². The molecule has 7 heteroatoms. The molecule has 0 saturated carbocycles. The van der Waals surface area contributed by atoms with E-state index >= 15 is 0 Å². The van der Waals surface area contributed by atoms with Crippen molar-refractivity contribution in [2.75, 3.05) is 0 Å². The number of thiazole rings is 1. The Hall–Kier alpha value is -1.99. The van der Waals surface area contributed by atoms with Crippen LogP contribution >= 0.6 is 11.3 Å². The quantitative estimate of drug-likeness (QED) is 0.725. The van der Waals surface area contributed by atoms with E-state index in [0.717, 1.165) is 11.1 Å². The molecule has 20 heavy (non-hydrogen) atoms. The molecule has 3 aromatic rings. The van der Waals surface area contributed by atoms with Gasteiger partial charge in [-0.15, -0.1) is 11.3 Å². The maximum atomic E-state index is 12.5. The molecule has 0 fully saturated rings. The fraction of sp³-hybridized carbons (Fsp3) is 0.0769. The molecule has 1 aromatic carbocycles. The molecule has 0 amide bonds. The number of aromatic nitrogens is 2. The largest absolute Gasteiger partial charge is 0.277 e. The van der Waals surface area contributed by atoms with Gasteiger partial charge in [0, 0.05) is 11.1 Å².